The number of aliphatic carboxylic acids is 1. The molecule has 0 aliphatic rings. The molecule has 35 heavy (non-hydrogen) atoms. The molecule has 0 aromatic carbocycles. The maximum absolute atomic E-state index is 10.2. The molecule has 0 spiro atoms. The summed E-state index contributed by atoms with van der Waals surface area (Å²) >= 11 is 0. The van der Waals surface area contributed by atoms with Crippen molar-refractivity contribution >= 4 is 5.97 Å². The fraction of sp³-hybridized carbons (Fsp3) is 0.581. The summed E-state index contributed by atoms with van der Waals surface area (Å²) in [4.78, 5) is 10.2. The highest BCUT2D eigenvalue weighted by Gasteiger charge is 1.98. The molecule has 4 nitrogen and oxygen atoms in total. The highest BCUT2D eigenvalue weighted by molar-refractivity contribution is 5.86. The van der Waals surface area contributed by atoms with Crippen molar-refractivity contribution < 1.29 is 20.1 Å². The number of carboxylic acids is 1. The van der Waals surface area contributed by atoms with Gasteiger partial charge in [0.25, 0.3) is 0 Å². The summed E-state index contributed by atoms with van der Waals surface area (Å²) in [5.74, 6) is 11.8. The van der Waals surface area contributed by atoms with Crippen LogP contribution in [0.1, 0.15) is 103 Å². The van der Waals surface area contributed by atoms with Crippen molar-refractivity contribution in [3.05, 3.63) is 36.5 Å². The lowest BCUT2D eigenvalue weighted by atomic mass is 10.0. The molecule has 2 atom stereocenters. The topological polar surface area (TPSA) is 77.8 Å². The second-order valence-corrected chi connectivity index (χ2v) is 8.62. The van der Waals surface area contributed by atoms with Gasteiger partial charge in [0.15, 0.2) is 0 Å². The van der Waals surface area contributed by atoms with E-state index in [-0.39, 0.29) is 0 Å². The Morgan fingerprint density at radius 1 is 0.743 bits per heavy atom. The van der Waals surface area contributed by atoms with E-state index in [4.69, 9.17) is 11.5 Å². The molecule has 0 aliphatic heterocycles. The summed E-state index contributed by atoms with van der Waals surface area (Å²) in [7, 11) is 0. The van der Waals surface area contributed by atoms with E-state index in [1.165, 1.54) is 38.5 Å². The van der Waals surface area contributed by atoms with E-state index in [9.17, 15) is 15.0 Å². The smallest absolute Gasteiger partial charge is 0.382 e. The van der Waals surface area contributed by atoms with Crippen molar-refractivity contribution in [2.75, 3.05) is 0 Å². The van der Waals surface area contributed by atoms with Crippen LogP contribution in [-0.4, -0.2) is 33.5 Å². The zero-order valence-corrected chi connectivity index (χ0v) is 21.3. The Labute approximate surface area is 213 Å². The Balaban J connectivity index is 3.47. The number of terminal acetylenes is 1. The van der Waals surface area contributed by atoms with Crippen LogP contribution in [0, 0.1) is 36.0 Å². The molecule has 4 heteroatoms. The molecule has 0 saturated heterocycles. The van der Waals surface area contributed by atoms with Crippen LogP contribution in [-0.2, 0) is 4.79 Å². The molecule has 0 saturated carbocycles. The van der Waals surface area contributed by atoms with Crippen molar-refractivity contribution in [3.63, 3.8) is 0 Å². The fourth-order valence-electron chi connectivity index (χ4n) is 3.42. The average Bonchev–Trinajstić information content (AvgIpc) is 2.84. The lowest BCUT2D eigenvalue weighted by molar-refractivity contribution is -0.130. The van der Waals surface area contributed by atoms with Gasteiger partial charge in [0, 0.05) is 12.3 Å². The second-order valence-electron chi connectivity index (χ2n) is 8.62. The zero-order chi connectivity index (χ0) is 25.8. The number of unbranched alkanes of at least 4 members (excludes halogenated alkanes) is 13. The maximum Gasteiger partial charge on any atom is 0.382 e. The number of rotatable bonds is 19. The standard InChI is InChI=1S/C31H44O4/c1-2-29(32)25-21-17-13-10-8-11-15-19-23-27-30(33)26-22-18-14-9-6-4-3-5-7-12-16-20-24-28-31(34)35/h1,16,20-21,23,25,27,29-30,32-33H,3-14,17-18,22,26H2,(H,34,35)/b20-16-,25-21+,27-23+. The van der Waals surface area contributed by atoms with Gasteiger partial charge in [-0.25, -0.2) is 4.79 Å². The first kappa shape index (κ1) is 32.3. The molecule has 0 bridgehead atoms. The molecule has 0 aromatic rings. The predicted molar refractivity (Wildman–Crippen MR) is 145 cm³/mol. The summed E-state index contributed by atoms with van der Waals surface area (Å²) in [6.07, 6.45) is 32.2. The molecular weight excluding hydrogens is 436 g/mol. The van der Waals surface area contributed by atoms with Gasteiger partial charge >= 0.3 is 5.97 Å². The van der Waals surface area contributed by atoms with Crippen LogP contribution in [0.3, 0.4) is 0 Å². The van der Waals surface area contributed by atoms with Crippen molar-refractivity contribution in [2.24, 2.45) is 0 Å². The minimum absolute atomic E-state index is 0.404. The minimum Gasteiger partial charge on any atom is -0.472 e. The number of aliphatic hydroxyl groups is 2. The van der Waals surface area contributed by atoms with E-state index in [0.29, 0.717) is 0 Å². The third kappa shape index (κ3) is 27.4. The molecule has 0 radical (unpaired) electrons. The van der Waals surface area contributed by atoms with Crippen LogP contribution < -0.4 is 0 Å². The second kappa shape index (κ2) is 25.9. The summed E-state index contributed by atoms with van der Waals surface area (Å²) in [6, 6.07) is 0. The number of aliphatic hydroxyl groups excluding tert-OH is 2. The van der Waals surface area contributed by atoms with E-state index in [2.05, 4.69) is 29.6 Å². The van der Waals surface area contributed by atoms with Gasteiger partial charge in [0.1, 0.15) is 6.10 Å². The molecule has 0 amide bonds. The Hall–Kier alpha value is -2.71. The summed E-state index contributed by atoms with van der Waals surface area (Å²) in [5.41, 5.74) is 0. The van der Waals surface area contributed by atoms with Gasteiger partial charge < -0.3 is 15.3 Å². The van der Waals surface area contributed by atoms with E-state index in [1.54, 1.807) is 24.3 Å². The van der Waals surface area contributed by atoms with Gasteiger partial charge in [-0.1, -0.05) is 93.6 Å². The number of carbonyl (C=O) groups is 1. The van der Waals surface area contributed by atoms with Crippen LogP contribution in [0.2, 0.25) is 0 Å². The number of hydrogen-bond donors (Lipinski definition) is 3. The van der Waals surface area contributed by atoms with Crippen molar-refractivity contribution in [1.29, 1.82) is 0 Å². The van der Waals surface area contributed by atoms with Gasteiger partial charge in [-0.15, -0.1) is 6.42 Å². The van der Waals surface area contributed by atoms with Crippen LogP contribution in [0.15, 0.2) is 36.5 Å². The average molecular weight is 481 g/mol. The molecule has 0 aromatic heterocycles. The van der Waals surface area contributed by atoms with E-state index in [0.717, 1.165) is 64.2 Å². The summed E-state index contributed by atoms with van der Waals surface area (Å²) in [6.45, 7) is 0. The molecule has 0 rings (SSSR count). The maximum atomic E-state index is 10.2. The van der Waals surface area contributed by atoms with Crippen molar-refractivity contribution in [1.82, 2.24) is 0 Å². The first-order chi connectivity index (χ1) is 17.1. The third-order valence-electron chi connectivity index (χ3n) is 5.42. The molecule has 0 fully saturated rings. The van der Waals surface area contributed by atoms with Gasteiger partial charge in [-0.05, 0) is 62.8 Å². The molecule has 0 aliphatic carbocycles. The molecule has 192 valence electrons. The Bertz CT molecular complexity index is 777. The van der Waals surface area contributed by atoms with E-state index >= 15 is 0 Å². The normalized spacial score (nSPS) is 12.7. The molecule has 3 N–H and O–H groups in total. The Kier molecular flexibility index (Phi) is 23.9. The predicted octanol–water partition coefficient (Wildman–Crippen LogP) is 6.34. The number of hydrogen-bond acceptors (Lipinski definition) is 3. The van der Waals surface area contributed by atoms with Crippen LogP contribution in [0.4, 0.5) is 0 Å². The Morgan fingerprint density at radius 3 is 2.00 bits per heavy atom. The zero-order valence-electron chi connectivity index (χ0n) is 21.3. The van der Waals surface area contributed by atoms with E-state index < -0.39 is 18.2 Å². The van der Waals surface area contributed by atoms with Crippen molar-refractivity contribution in [2.45, 2.75) is 115 Å². The first-order valence-electron chi connectivity index (χ1n) is 13.1. The van der Waals surface area contributed by atoms with E-state index in [1.807, 2.05) is 12.2 Å². The SMILES string of the molecule is C#CC(O)/C=C/CCCCCC#C/C=C/C(O)CCCCCCCCCCC/C=C\C#CC(=O)O. The highest BCUT2D eigenvalue weighted by Crippen LogP contribution is 2.12. The van der Waals surface area contributed by atoms with Crippen LogP contribution in [0.25, 0.3) is 0 Å². The summed E-state index contributed by atoms with van der Waals surface area (Å²) in [5, 5.41) is 27.6. The van der Waals surface area contributed by atoms with Crippen LogP contribution in [0.5, 0.6) is 0 Å². The third-order valence-corrected chi connectivity index (χ3v) is 5.42. The van der Waals surface area contributed by atoms with Crippen LogP contribution >= 0.6 is 0 Å². The summed E-state index contributed by atoms with van der Waals surface area (Å²) < 4.78 is 0. The van der Waals surface area contributed by atoms with Crippen molar-refractivity contribution in [3.8, 4) is 36.0 Å². The fourth-order valence-corrected chi connectivity index (χ4v) is 3.42. The van der Waals surface area contributed by atoms with Gasteiger partial charge in [-0.2, -0.15) is 0 Å². The minimum atomic E-state index is -1.09. The van der Waals surface area contributed by atoms with Gasteiger partial charge in [0.05, 0.1) is 6.10 Å². The lowest BCUT2D eigenvalue weighted by Gasteiger charge is -2.05. The first-order valence-corrected chi connectivity index (χ1v) is 13.1. The monoisotopic (exact) mass is 480 g/mol. The molecule has 0 heterocycles. The molecule has 2 unspecified atom stereocenters. The lowest BCUT2D eigenvalue weighted by Crippen LogP contribution is -2.01. The molecular formula is C31H44O4. The largest absolute Gasteiger partial charge is 0.472 e. The van der Waals surface area contributed by atoms with Gasteiger partial charge in [0.2, 0.25) is 0 Å². The quantitative estimate of drug-likeness (QED) is 0.114. The van der Waals surface area contributed by atoms with Gasteiger partial charge in [-0.3, -0.25) is 0 Å². The Morgan fingerprint density at radius 2 is 1.34 bits per heavy atom. The number of allylic oxidation sites excluding steroid dienone is 4. The number of carboxylic acid groups (broad SMARTS) is 1. The highest BCUT2D eigenvalue weighted by atomic mass is 16.4.